The van der Waals surface area contributed by atoms with Crippen LogP contribution in [-0.4, -0.2) is 8.96 Å². The number of halogens is 1. The van der Waals surface area contributed by atoms with E-state index in [0.717, 1.165) is 5.56 Å². The van der Waals surface area contributed by atoms with Gasteiger partial charge in [0.1, 0.15) is 11.9 Å². The summed E-state index contributed by atoms with van der Waals surface area (Å²) in [6.07, 6.45) is 0. The van der Waals surface area contributed by atoms with Crippen LogP contribution in [0.25, 0.3) is 0 Å². The molecule has 5 heteroatoms. The van der Waals surface area contributed by atoms with Crippen molar-refractivity contribution in [2.45, 2.75) is 38.5 Å². The van der Waals surface area contributed by atoms with Crippen molar-refractivity contribution in [3.8, 4) is 6.07 Å². The molecule has 2 atom stereocenters. The second-order valence-electron chi connectivity index (χ2n) is 5.07. The fourth-order valence-electron chi connectivity index (χ4n) is 1.30. The summed E-state index contributed by atoms with van der Waals surface area (Å²) < 4.78 is 27.7. The highest BCUT2D eigenvalue weighted by molar-refractivity contribution is 7.84. The molecule has 0 spiro atoms. The minimum atomic E-state index is -1.21. The summed E-state index contributed by atoms with van der Waals surface area (Å²) >= 11 is 0. The monoisotopic (exact) mass is 268 g/mol. The molecule has 1 rings (SSSR count). The van der Waals surface area contributed by atoms with Crippen LogP contribution in [0.1, 0.15) is 44.9 Å². The van der Waals surface area contributed by atoms with Gasteiger partial charge in [-0.3, -0.25) is 0 Å². The molecule has 0 fully saturated rings. The summed E-state index contributed by atoms with van der Waals surface area (Å²) in [4.78, 5) is 0. The number of hydrogen-bond acceptors (Lipinski definition) is 2. The lowest BCUT2D eigenvalue weighted by Crippen LogP contribution is -2.34. The maximum absolute atomic E-state index is 13.2. The Morgan fingerprint density at radius 1 is 1.44 bits per heavy atom. The van der Waals surface area contributed by atoms with E-state index in [4.69, 9.17) is 5.26 Å². The van der Waals surface area contributed by atoms with E-state index in [1.54, 1.807) is 12.1 Å². The Kier molecular flexibility index (Phi) is 4.60. The van der Waals surface area contributed by atoms with Crippen LogP contribution < -0.4 is 4.72 Å². The lowest BCUT2D eigenvalue weighted by Gasteiger charge is -2.22. The lowest BCUT2D eigenvalue weighted by atomic mass is 10.1. The molecule has 98 valence electrons. The molecule has 0 aliphatic heterocycles. The van der Waals surface area contributed by atoms with Gasteiger partial charge in [-0.05, 0) is 45.4 Å². The first-order valence-corrected chi connectivity index (χ1v) is 6.78. The number of benzene rings is 1. The smallest absolute Gasteiger partial charge is 0.140 e. The molecule has 0 radical (unpaired) electrons. The molecule has 0 bridgehead atoms. The van der Waals surface area contributed by atoms with Gasteiger partial charge in [-0.25, -0.2) is 13.3 Å². The third-order valence-electron chi connectivity index (χ3n) is 2.45. The van der Waals surface area contributed by atoms with Crippen LogP contribution in [0.3, 0.4) is 0 Å². The van der Waals surface area contributed by atoms with Crippen LogP contribution in [0.15, 0.2) is 18.2 Å². The van der Waals surface area contributed by atoms with E-state index in [1.807, 2.05) is 27.7 Å². The molecule has 0 aromatic heterocycles. The van der Waals surface area contributed by atoms with Crippen LogP contribution >= 0.6 is 0 Å². The maximum atomic E-state index is 13.2. The summed E-state index contributed by atoms with van der Waals surface area (Å²) in [5.74, 6) is -0.537. The second kappa shape index (κ2) is 5.59. The highest BCUT2D eigenvalue weighted by atomic mass is 32.2. The Balaban J connectivity index is 2.89. The number of nitrogens with zero attached hydrogens (tertiary/aromatic N) is 1. The van der Waals surface area contributed by atoms with Crippen molar-refractivity contribution in [2.24, 2.45) is 0 Å². The Hall–Kier alpha value is -1.25. The molecule has 0 saturated heterocycles. The van der Waals surface area contributed by atoms with Crippen LogP contribution in [0.2, 0.25) is 0 Å². The Morgan fingerprint density at radius 3 is 2.56 bits per heavy atom. The van der Waals surface area contributed by atoms with E-state index < -0.39 is 16.8 Å². The van der Waals surface area contributed by atoms with Gasteiger partial charge in [-0.2, -0.15) is 5.26 Å². The molecule has 0 aliphatic carbocycles. The van der Waals surface area contributed by atoms with Gasteiger partial charge in [0.2, 0.25) is 0 Å². The summed E-state index contributed by atoms with van der Waals surface area (Å²) in [6.45, 7) is 7.44. The van der Waals surface area contributed by atoms with Gasteiger partial charge in [0.05, 0.1) is 21.3 Å². The van der Waals surface area contributed by atoms with Crippen molar-refractivity contribution >= 4 is 11.0 Å². The van der Waals surface area contributed by atoms with Crippen molar-refractivity contribution in [3.05, 3.63) is 35.1 Å². The van der Waals surface area contributed by atoms with Crippen LogP contribution in [0.4, 0.5) is 4.39 Å². The van der Waals surface area contributed by atoms with Gasteiger partial charge in [-0.15, -0.1) is 0 Å². The standard InChI is InChI=1S/C13H17FN2OS/c1-9(16-18(17)13(2,3)4)10-5-6-12(14)11(7-10)8-15/h5-7,9,16H,1-4H3/t9-,18-/m0/s1. The predicted molar refractivity (Wildman–Crippen MR) is 70.6 cm³/mol. The normalized spacial score (nSPS) is 14.9. The van der Waals surface area contributed by atoms with Gasteiger partial charge < -0.3 is 0 Å². The first-order chi connectivity index (χ1) is 8.25. The van der Waals surface area contributed by atoms with E-state index in [1.165, 1.54) is 12.1 Å². The Labute approximate surface area is 110 Å². The summed E-state index contributed by atoms with van der Waals surface area (Å²) in [6, 6.07) is 5.91. The molecule has 0 aliphatic rings. The van der Waals surface area contributed by atoms with E-state index in [-0.39, 0.29) is 16.4 Å². The van der Waals surface area contributed by atoms with Crippen molar-refractivity contribution in [2.75, 3.05) is 0 Å². The topological polar surface area (TPSA) is 52.9 Å². The van der Waals surface area contributed by atoms with Gasteiger partial charge in [0.25, 0.3) is 0 Å². The minimum Gasteiger partial charge on any atom is -0.242 e. The number of rotatable bonds is 3. The average molecular weight is 268 g/mol. The zero-order chi connectivity index (χ0) is 13.9. The SMILES string of the molecule is C[C@H](N[S@@](=O)C(C)(C)C)c1ccc(F)c(C#N)c1. The highest BCUT2D eigenvalue weighted by Gasteiger charge is 2.21. The van der Waals surface area contributed by atoms with Crippen molar-refractivity contribution < 1.29 is 8.60 Å². The quantitative estimate of drug-likeness (QED) is 0.916. The largest absolute Gasteiger partial charge is 0.242 e. The fraction of sp³-hybridized carbons (Fsp3) is 0.462. The zero-order valence-corrected chi connectivity index (χ0v) is 11.8. The first kappa shape index (κ1) is 14.8. The summed E-state index contributed by atoms with van der Waals surface area (Å²) in [5, 5.41) is 8.77. The zero-order valence-electron chi connectivity index (χ0n) is 11.0. The number of nitrogens with one attached hydrogen (secondary N) is 1. The average Bonchev–Trinajstić information content (AvgIpc) is 2.28. The van der Waals surface area contributed by atoms with Crippen molar-refractivity contribution in [1.29, 1.82) is 5.26 Å². The molecular weight excluding hydrogens is 251 g/mol. The van der Waals surface area contributed by atoms with E-state index in [0.29, 0.717) is 0 Å². The Morgan fingerprint density at radius 2 is 2.06 bits per heavy atom. The molecule has 0 unspecified atom stereocenters. The van der Waals surface area contributed by atoms with Crippen molar-refractivity contribution in [1.82, 2.24) is 4.72 Å². The minimum absolute atomic E-state index is 0.00249. The molecule has 0 heterocycles. The molecule has 0 amide bonds. The summed E-state index contributed by atoms with van der Waals surface area (Å²) in [7, 11) is -1.21. The maximum Gasteiger partial charge on any atom is 0.140 e. The second-order valence-corrected chi connectivity index (χ2v) is 7.07. The molecule has 0 saturated carbocycles. The third-order valence-corrected chi connectivity index (χ3v) is 4.13. The van der Waals surface area contributed by atoms with Crippen LogP contribution in [-0.2, 0) is 11.0 Å². The van der Waals surface area contributed by atoms with E-state index in [9.17, 15) is 8.60 Å². The first-order valence-electron chi connectivity index (χ1n) is 5.63. The molecule has 1 aromatic carbocycles. The van der Waals surface area contributed by atoms with Crippen molar-refractivity contribution in [3.63, 3.8) is 0 Å². The van der Waals surface area contributed by atoms with Gasteiger partial charge in [-0.1, -0.05) is 6.07 Å². The van der Waals surface area contributed by atoms with E-state index in [2.05, 4.69) is 4.72 Å². The van der Waals surface area contributed by atoms with Gasteiger partial charge in [0, 0.05) is 6.04 Å². The van der Waals surface area contributed by atoms with E-state index >= 15 is 0 Å². The molecule has 3 nitrogen and oxygen atoms in total. The summed E-state index contributed by atoms with van der Waals surface area (Å²) in [5.41, 5.74) is 0.744. The fourth-order valence-corrected chi connectivity index (χ4v) is 2.11. The molecule has 1 N–H and O–H groups in total. The van der Waals surface area contributed by atoms with Crippen LogP contribution in [0, 0.1) is 17.1 Å². The molecular formula is C13H17FN2OS. The predicted octanol–water partition coefficient (Wildman–Crippen LogP) is 2.81. The number of nitriles is 1. The molecule has 18 heavy (non-hydrogen) atoms. The van der Waals surface area contributed by atoms with Crippen LogP contribution in [0.5, 0.6) is 0 Å². The van der Waals surface area contributed by atoms with Gasteiger partial charge >= 0.3 is 0 Å². The van der Waals surface area contributed by atoms with Gasteiger partial charge in [0.15, 0.2) is 0 Å². The lowest BCUT2D eigenvalue weighted by molar-refractivity contribution is 0.610. The third kappa shape index (κ3) is 3.62. The molecule has 1 aromatic rings. The Bertz CT molecular complexity index is 503. The highest BCUT2D eigenvalue weighted by Crippen LogP contribution is 2.19. The number of hydrogen-bond donors (Lipinski definition) is 1.